The Kier molecular flexibility index (Phi) is 5.04. The minimum absolute atomic E-state index is 0.0574. The zero-order chi connectivity index (χ0) is 21.8. The molecule has 0 aromatic carbocycles. The largest absolute Gasteiger partial charge is 0.396 e. The van der Waals surface area contributed by atoms with Gasteiger partial charge in [0.2, 0.25) is 0 Å². The monoisotopic (exact) mass is 424 g/mol. The Balaban J connectivity index is 1.46. The summed E-state index contributed by atoms with van der Waals surface area (Å²) in [7, 11) is 0. The average Bonchev–Trinajstić information content (AvgIpc) is 3.06. The number of pyridine rings is 1. The lowest BCUT2D eigenvalue weighted by Crippen LogP contribution is -2.51. The van der Waals surface area contributed by atoms with Crippen molar-refractivity contribution < 1.29 is 14.7 Å². The fourth-order valence-electron chi connectivity index (χ4n) is 7.12. The molecule has 7 nitrogen and oxygen atoms in total. The molecule has 4 aliphatic rings. The second kappa shape index (κ2) is 7.62. The highest BCUT2D eigenvalue weighted by Gasteiger charge is 2.50. The number of primary amides is 1. The quantitative estimate of drug-likeness (QED) is 0.635. The van der Waals surface area contributed by atoms with Gasteiger partial charge < -0.3 is 16.2 Å². The van der Waals surface area contributed by atoms with Gasteiger partial charge in [0.25, 0.3) is 11.8 Å². The standard InChI is InChI=1S/C24H32N4O3/c1-14-20(22(25)30)27-19-5-4-18(3-2-6-29)21(28(14)19)23(31)26-13-24-10-15-7-16(11-24)9-17(8-15)12-24/h4-5,15-17,29H,2-3,6-13H2,1H3,(H2,25,30)(H,26,31). The maximum atomic E-state index is 13.5. The van der Waals surface area contributed by atoms with Gasteiger partial charge in [-0.15, -0.1) is 0 Å². The summed E-state index contributed by atoms with van der Waals surface area (Å²) in [4.78, 5) is 29.7. The molecule has 0 spiro atoms. The molecule has 6 rings (SSSR count). The molecule has 166 valence electrons. The molecule has 2 amide bonds. The third-order valence-electron chi connectivity index (χ3n) is 7.94. The summed E-state index contributed by atoms with van der Waals surface area (Å²) in [6.07, 6.45) is 8.98. The van der Waals surface area contributed by atoms with Crippen molar-refractivity contribution in [3.63, 3.8) is 0 Å². The first-order valence-corrected chi connectivity index (χ1v) is 11.6. The molecular formula is C24H32N4O3. The fraction of sp³-hybridized carbons (Fsp3) is 0.625. The van der Waals surface area contributed by atoms with Crippen molar-refractivity contribution >= 4 is 17.5 Å². The maximum absolute atomic E-state index is 13.5. The van der Waals surface area contributed by atoms with E-state index in [1.807, 2.05) is 12.1 Å². The molecule has 0 radical (unpaired) electrons. The lowest BCUT2D eigenvalue weighted by molar-refractivity contribution is -0.0503. The smallest absolute Gasteiger partial charge is 0.269 e. The number of imidazole rings is 1. The third kappa shape index (κ3) is 3.53. The molecule has 2 aromatic heterocycles. The van der Waals surface area contributed by atoms with Crippen LogP contribution in [0.15, 0.2) is 12.1 Å². The van der Waals surface area contributed by atoms with Crippen LogP contribution in [0.25, 0.3) is 5.65 Å². The van der Waals surface area contributed by atoms with Gasteiger partial charge in [-0.25, -0.2) is 4.98 Å². The number of carbonyl (C=O) groups is 2. The van der Waals surface area contributed by atoms with Crippen molar-refractivity contribution in [3.05, 3.63) is 34.8 Å². The van der Waals surface area contributed by atoms with Crippen molar-refractivity contribution in [1.82, 2.24) is 14.7 Å². The summed E-state index contributed by atoms with van der Waals surface area (Å²) in [6.45, 7) is 2.54. The molecule has 2 heterocycles. The molecule has 2 aromatic rings. The minimum atomic E-state index is -0.599. The predicted octanol–water partition coefficient (Wildman–Crippen LogP) is 2.61. The van der Waals surface area contributed by atoms with E-state index < -0.39 is 5.91 Å². The Bertz CT molecular complexity index is 1010. The number of nitrogens with zero attached hydrogens (tertiary/aromatic N) is 2. The molecule has 31 heavy (non-hydrogen) atoms. The van der Waals surface area contributed by atoms with Crippen LogP contribution < -0.4 is 11.1 Å². The number of nitrogens with two attached hydrogens (primary N) is 1. The Hall–Kier alpha value is -2.41. The van der Waals surface area contributed by atoms with E-state index in [1.54, 1.807) is 11.3 Å². The van der Waals surface area contributed by atoms with Gasteiger partial charge in [0.05, 0.1) is 5.69 Å². The normalized spacial score (nSPS) is 28.9. The number of aromatic nitrogens is 2. The first kappa shape index (κ1) is 20.5. The maximum Gasteiger partial charge on any atom is 0.269 e. The lowest BCUT2D eigenvalue weighted by atomic mass is 9.49. The van der Waals surface area contributed by atoms with Crippen LogP contribution in [0.5, 0.6) is 0 Å². The number of nitrogens with one attached hydrogen (secondary N) is 1. The fourth-order valence-corrected chi connectivity index (χ4v) is 7.12. The number of fused-ring (bicyclic) bond motifs is 1. The van der Waals surface area contributed by atoms with Crippen LogP contribution in [-0.2, 0) is 6.42 Å². The highest BCUT2D eigenvalue weighted by atomic mass is 16.3. The molecule has 4 bridgehead atoms. The molecule has 4 saturated carbocycles. The zero-order valence-electron chi connectivity index (χ0n) is 18.2. The summed E-state index contributed by atoms with van der Waals surface area (Å²) in [6, 6.07) is 3.68. The van der Waals surface area contributed by atoms with Crippen LogP contribution in [0.1, 0.15) is 77.2 Å². The van der Waals surface area contributed by atoms with Crippen LogP contribution in [-0.4, -0.2) is 39.5 Å². The van der Waals surface area contributed by atoms with Crippen molar-refractivity contribution in [1.29, 1.82) is 0 Å². The van der Waals surface area contributed by atoms with Gasteiger partial charge in [0.1, 0.15) is 17.0 Å². The van der Waals surface area contributed by atoms with Crippen LogP contribution in [0.3, 0.4) is 0 Å². The highest BCUT2D eigenvalue weighted by Crippen LogP contribution is 2.59. The SMILES string of the molecule is Cc1c(C(N)=O)nc2ccc(CCCO)c(C(=O)NCC34CC5CC(CC(C5)C3)C4)n12. The van der Waals surface area contributed by atoms with Gasteiger partial charge in [0, 0.05) is 13.2 Å². The van der Waals surface area contributed by atoms with Crippen molar-refractivity contribution in [2.75, 3.05) is 13.2 Å². The third-order valence-corrected chi connectivity index (χ3v) is 7.94. The molecule has 0 saturated heterocycles. The first-order chi connectivity index (χ1) is 14.9. The van der Waals surface area contributed by atoms with Gasteiger partial charge in [-0.05, 0) is 93.1 Å². The Morgan fingerprint density at radius 3 is 2.42 bits per heavy atom. The summed E-state index contributed by atoms with van der Waals surface area (Å²) in [5.74, 6) is 1.77. The summed E-state index contributed by atoms with van der Waals surface area (Å²) < 4.78 is 1.75. The lowest BCUT2D eigenvalue weighted by Gasteiger charge is -2.56. The van der Waals surface area contributed by atoms with E-state index in [0.717, 1.165) is 23.3 Å². The molecule has 0 aliphatic heterocycles. The summed E-state index contributed by atoms with van der Waals surface area (Å²) >= 11 is 0. The first-order valence-electron chi connectivity index (χ1n) is 11.6. The second-order valence-corrected chi connectivity index (χ2v) is 10.2. The van der Waals surface area contributed by atoms with E-state index in [-0.39, 0.29) is 23.6 Å². The number of amides is 2. The van der Waals surface area contributed by atoms with Crippen LogP contribution in [0.2, 0.25) is 0 Å². The zero-order valence-corrected chi connectivity index (χ0v) is 18.2. The van der Waals surface area contributed by atoms with Crippen LogP contribution in [0, 0.1) is 30.1 Å². The van der Waals surface area contributed by atoms with Gasteiger partial charge in [-0.2, -0.15) is 0 Å². The summed E-state index contributed by atoms with van der Waals surface area (Å²) in [5, 5.41) is 12.6. The predicted molar refractivity (Wildman–Crippen MR) is 117 cm³/mol. The van der Waals surface area contributed by atoms with E-state index >= 15 is 0 Å². The Labute approximate surface area is 182 Å². The second-order valence-electron chi connectivity index (χ2n) is 10.2. The molecule has 4 fully saturated rings. The molecule has 7 heteroatoms. The number of aliphatic hydroxyl groups is 1. The van der Waals surface area contributed by atoms with E-state index in [4.69, 9.17) is 5.73 Å². The Morgan fingerprint density at radius 2 is 1.84 bits per heavy atom. The van der Waals surface area contributed by atoms with Crippen molar-refractivity contribution in [3.8, 4) is 0 Å². The van der Waals surface area contributed by atoms with Gasteiger partial charge in [-0.3, -0.25) is 14.0 Å². The van der Waals surface area contributed by atoms with Gasteiger partial charge in [0.15, 0.2) is 0 Å². The van der Waals surface area contributed by atoms with Crippen molar-refractivity contribution in [2.24, 2.45) is 28.9 Å². The van der Waals surface area contributed by atoms with E-state index in [9.17, 15) is 14.7 Å². The summed E-state index contributed by atoms with van der Waals surface area (Å²) in [5.41, 5.74) is 8.41. The number of carbonyl (C=O) groups excluding carboxylic acids is 2. The number of hydrogen-bond donors (Lipinski definition) is 3. The van der Waals surface area contributed by atoms with Gasteiger partial charge in [-0.1, -0.05) is 6.07 Å². The number of rotatable bonds is 7. The average molecular weight is 425 g/mol. The minimum Gasteiger partial charge on any atom is -0.396 e. The van der Waals surface area contributed by atoms with Gasteiger partial charge >= 0.3 is 0 Å². The number of aryl methyl sites for hydroxylation is 2. The van der Waals surface area contributed by atoms with E-state index in [2.05, 4.69) is 10.3 Å². The topological polar surface area (TPSA) is 110 Å². The van der Waals surface area contributed by atoms with Crippen LogP contribution in [0.4, 0.5) is 0 Å². The molecule has 0 unspecified atom stereocenters. The van der Waals surface area contributed by atoms with Crippen LogP contribution >= 0.6 is 0 Å². The molecule has 4 aliphatic carbocycles. The molecule has 4 N–H and O–H groups in total. The van der Waals surface area contributed by atoms with Crippen molar-refractivity contribution in [2.45, 2.75) is 58.3 Å². The van der Waals surface area contributed by atoms with E-state index in [0.29, 0.717) is 36.4 Å². The van der Waals surface area contributed by atoms with E-state index in [1.165, 1.54) is 38.5 Å². The number of aliphatic hydroxyl groups excluding tert-OH is 1. The molecule has 0 atom stereocenters. The Morgan fingerprint density at radius 1 is 1.19 bits per heavy atom. The molecular weight excluding hydrogens is 392 g/mol. The number of hydrogen-bond acceptors (Lipinski definition) is 4. The highest BCUT2D eigenvalue weighted by molar-refractivity contribution is 5.97.